The maximum atomic E-state index is 11.1. The molecule has 0 aliphatic heterocycles. The van der Waals surface area contributed by atoms with Crippen molar-refractivity contribution in [3.63, 3.8) is 0 Å². The van der Waals surface area contributed by atoms with E-state index in [1.165, 1.54) is 28.9 Å². The molecule has 11 heteroatoms. The molecule has 2 aromatic heterocycles. The van der Waals surface area contributed by atoms with Gasteiger partial charge in [0.1, 0.15) is 12.2 Å². The molecule has 0 radical (unpaired) electrons. The SMILES string of the molecule is CC(=O)NC(CSc1nc2sccn2c1[N+](=O)[O-])C(=O)O. The largest absolute Gasteiger partial charge is 0.480 e. The van der Waals surface area contributed by atoms with Crippen LogP contribution in [0.3, 0.4) is 0 Å². The second-order valence-corrected chi connectivity index (χ2v) is 5.84. The van der Waals surface area contributed by atoms with Gasteiger partial charge in [-0.1, -0.05) is 23.1 Å². The normalized spacial score (nSPS) is 12.2. The molecule has 9 nitrogen and oxygen atoms in total. The minimum Gasteiger partial charge on any atom is -0.480 e. The number of thioether (sulfide) groups is 1. The molecular formula is C10H10N4O5S2. The number of carbonyl (C=O) groups excluding carboxylic acids is 1. The van der Waals surface area contributed by atoms with Crippen LogP contribution in [0.4, 0.5) is 5.82 Å². The van der Waals surface area contributed by atoms with E-state index >= 15 is 0 Å². The number of imidazole rings is 1. The Morgan fingerprint density at radius 2 is 2.38 bits per heavy atom. The van der Waals surface area contributed by atoms with Crippen LogP contribution in [0.1, 0.15) is 6.92 Å². The molecule has 1 atom stereocenters. The van der Waals surface area contributed by atoms with Crippen LogP contribution in [0.25, 0.3) is 4.96 Å². The summed E-state index contributed by atoms with van der Waals surface area (Å²) in [7, 11) is 0. The Bertz CT molecular complexity index is 709. The molecule has 0 spiro atoms. The lowest BCUT2D eigenvalue weighted by molar-refractivity contribution is -0.393. The number of fused-ring (bicyclic) bond motifs is 1. The fourth-order valence-corrected chi connectivity index (χ4v) is 3.37. The standard InChI is InChI=1S/C10H10N4O5S2/c1-5(15)11-6(9(16)17)4-21-7-8(14(18)19)13-2-3-20-10(13)12-7/h2-3,6H,4H2,1H3,(H,11,15)(H,16,17). The number of carboxylic acid groups (broad SMARTS) is 1. The number of amides is 1. The summed E-state index contributed by atoms with van der Waals surface area (Å²) in [5, 5.41) is 24.2. The van der Waals surface area contributed by atoms with E-state index in [9.17, 15) is 19.7 Å². The van der Waals surface area contributed by atoms with E-state index in [-0.39, 0.29) is 16.6 Å². The molecule has 2 N–H and O–H groups in total. The lowest BCUT2D eigenvalue weighted by Gasteiger charge is -2.11. The molecule has 0 aliphatic carbocycles. The first-order valence-corrected chi connectivity index (χ1v) is 7.49. The number of nitro groups is 1. The third-order valence-corrected chi connectivity index (χ3v) is 4.25. The van der Waals surface area contributed by atoms with Gasteiger partial charge in [-0.25, -0.2) is 4.79 Å². The van der Waals surface area contributed by atoms with Crippen molar-refractivity contribution in [1.82, 2.24) is 14.7 Å². The average Bonchev–Trinajstić information content (AvgIpc) is 2.92. The Balaban J connectivity index is 2.20. The topological polar surface area (TPSA) is 127 Å². The van der Waals surface area contributed by atoms with Gasteiger partial charge in [-0.2, -0.15) is 9.38 Å². The van der Waals surface area contributed by atoms with Crippen LogP contribution >= 0.6 is 23.1 Å². The van der Waals surface area contributed by atoms with Gasteiger partial charge in [-0.15, -0.1) is 0 Å². The third kappa shape index (κ3) is 3.31. The highest BCUT2D eigenvalue weighted by molar-refractivity contribution is 7.99. The Labute approximate surface area is 126 Å². The predicted octanol–water partition coefficient (Wildman–Crippen LogP) is 0.985. The molecule has 0 saturated heterocycles. The van der Waals surface area contributed by atoms with Crippen LogP contribution in [0.15, 0.2) is 16.6 Å². The number of aromatic nitrogens is 2. The molecule has 112 valence electrons. The number of hydrogen-bond donors (Lipinski definition) is 2. The summed E-state index contributed by atoms with van der Waals surface area (Å²) in [5.41, 5.74) is 0. The second-order valence-electron chi connectivity index (χ2n) is 3.96. The summed E-state index contributed by atoms with van der Waals surface area (Å²) in [6.07, 6.45) is 1.53. The van der Waals surface area contributed by atoms with Gasteiger partial charge in [-0.05, 0) is 4.92 Å². The smallest absolute Gasteiger partial charge is 0.362 e. The zero-order valence-electron chi connectivity index (χ0n) is 10.7. The van der Waals surface area contributed by atoms with Gasteiger partial charge in [0, 0.05) is 18.1 Å². The van der Waals surface area contributed by atoms with E-state index in [0.717, 1.165) is 11.8 Å². The fourth-order valence-electron chi connectivity index (χ4n) is 1.60. The van der Waals surface area contributed by atoms with E-state index in [1.54, 1.807) is 5.38 Å². The predicted molar refractivity (Wildman–Crippen MR) is 75.7 cm³/mol. The minimum atomic E-state index is -1.21. The summed E-state index contributed by atoms with van der Waals surface area (Å²) >= 11 is 2.16. The number of rotatable bonds is 6. The highest BCUT2D eigenvalue weighted by Gasteiger charge is 2.26. The molecule has 1 amide bonds. The number of carbonyl (C=O) groups is 2. The van der Waals surface area contributed by atoms with Crippen molar-refractivity contribution in [3.05, 3.63) is 21.7 Å². The quantitative estimate of drug-likeness (QED) is 0.459. The Kier molecular flexibility index (Phi) is 4.43. The number of nitrogens with one attached hydrogen (secondary N) is 1. The van der Waals surface area contributed by atoms with Crippen molar-refractivity contribution in [2.45, 2.75) is 18.0 Å². The van der Waals surface area contributed by atoms with Gasteiger partial charge in [0.15, 0.2) is 5.03 Å². The Morgan fingerprint density at radius 1 is 1.67 bits per heavy atom. The van der Waals surface area contributed by atoms with E-state index in [4.69, 9.17) is 5.11 Å². The van der Waals surface area contributed by atoms with Crippen LogP contribution in [0.5, 0.6) is 0 Å². The van der Waals surface area contributed by atoms with Crippen molar-refractivity contribution >= 4 is 45.8 Å². The van der Waals surface area contributed by atoms with Gasteiger partial charge in [0.25, 0.3) is 4.96 Å². The number of nitrogens with zero attached hydrogens (tertiary/aromatic N) is 3. The Hall–Kier alpha value is -2.14. The summed E-state index contributed by atoms with van der Waals surface area (Å²) in [5.74, 6) is -1.95. The monoisotopic (exact) mass is 330 g/mol. The number of aliphatic carboxylic acids is 1. The summed E-state index contributed by atoms with van der Waals surface area (Å²) in [4.78, 5) is 37.0. The highest BCUT2D eigenvalue weighted by Crippen LogP contribution is 2.31. The number of hydrogen-bond acceptors (Lipinski definition) is 7. The van der Waals surface area contributed by atoms with E-state index in [1.807, 2.05) is 0 Å². The molecule has 1 unspecified atom stereocenters. The molecule has 0 aliphatic rings. The van der Waals surface area contributed by atoms with Crippen molar-refractivity contribution in [2.24, 2.45) is 0 Å². The Morgan fingerprint density at radius 3 is 2.95 bits per heavy atom. The van der Waals surface area contributed by atoms with Gasteiger partial charge >= 0.3 is 11.8 Å². The molecule has 2 heterocycles. The van der Waals surface area contributed by atoms with Crippen LogP contribution in [0.2, 0.25) is 0 Å². The molecule has 0 aromatic carbocycles. The molecule has 2 aromatic rings. The lowest BCUT2D eigenvalue weighted by Crippen LogP contribution is -2.41. The van der Waals surface area contributed by atoms with Gasteiger partial charge < -0.3 is 20.5 Å². The van der Waals surface area contributed by atoms with Gasteiger partial charge in [0.05, 0.1) is 0 Å². The van der Waals surface area contributed by atoms with Crippen LogP contribution < -0.4 is 5.32 Å². The van der Waals surface area contributed by atoms with Gasteiger partial charge in [0.2, 0.25) is 5.91 Å². The van der Waals surface area contributed by atoms with E-state index < -0.39 is 22.8 Å². The second kappa shape index (κ2) is 6.10. The van der Waals surface area contributed by atoms with Crippen LogP contribution in [-0.4, -0.2) is 43.1 Å². The summed E-state index contributed by atoms with van der Waals surface area (Å²) < 4.78 is 1.33. The maximum absolute atomic E-state index is 11.1. The molecule has 2 rings (SSSR count). The molecule has 0 bridgehead atoms. The minimum absolute atomic E-state index is 0.0550. The average molecular weight is 330 g/mol. The maximum Gasteiger partial charge on any atom is 0.362 e. The molecule has 0 fully saturated rings. The number of carboxylic acids is 1. The first-order chi connectivity index (χ1) is 9.90. The van der Waals surface area contributed by atoms with Crippen molar-refractivity contribution in [2.75, 3.05) is 5.75 Å². The fraction of sp³-hybridized carbons (Fsp3) is 0.300. The van der Waals surface area contributed by atoms with Gasteiger partial charge in [-0.3, -0.25) is 4.79 Å². The van der Waals surface area contributed by atoms with Crippen LogP contribution in [-0.2, 0) is 9.59 Å². The molecule has 21 heavy (non-hydrogen) atoms. The summed E-state index contributed by atoms with van der Waals surface area (Å²) in [6, 6.07) is -1.13. The van der Waals surface area contributed by atoms with E-state index in [2.05, 4.69) is 10.3 Å². The van der Waals surface area contributed by atoms with Crippen molar-refractivity contribution < 1.29 is 19.6 Å². The van der Waals surface area contributed by atoms with E-state index in [0.29, 0.717) is 4.96 Å². The highest BCUT2D eigenvalue weighted by atomic mass is 32.2. The van der Waals surface area contributed by atoms with Crippen LogP contribution in [0, 0.1) is 10.1 Å². The molecule has 0 saturated carbocycles. The van der Waals surface area contributed by atoms with Crippen molar-refractivity contribution in [1.29, 1.82) is 0 Å². The first-order valence-electron chi connectivity index (χ1n) is 5.62. The zero-order chi connectivity index (χ0) is 15.6. The third-order valence-electron chi connectivity index (χ3n) is 2.44. The van der Waals surface area contributed by atoms with Crippen molar-refractivity contribution in [3.8, 4) is 0 Å². The first kappa shape index (κ1) is 15.3. The lowest BCUT2D eigenvalue weighted by atomic mass is 10.3. The zero-order valence-corrected chi connectivity index (χ0v) is 12.3. The molecular weight excluding hydrogens is 320 g/mol. The summed E-state index contributed by atoms with van der Waals surface area (Å²) in [6.45, 7) is 1.20. The number of thiazole rings is 1.